The Morgan fingerprint density at radius 2 is 2.26 bits per heavy atom. The Morgan fingerprint density at radius 3 is 2.84 bits per heavy atom. The van der Waals surface area contributed by atoms with Crippen LogP contribution in [-0.2, 0) is 4.79 Å². The molecule has 0 aliphatic carbocycles. The first kappa shape index (κ1) is 15.1. The summed E-state index contributed by atoms with van der Waals surface area (Å²) in [7, 11) is 1.48. The van der Waals surface area contributed by atoms with Crippen molar-refractivity contribution in [1.29, 1.82) is 0 Å². The summed E-state index contributed by atoms with van der Waals surface area (Å²) in [6, 6.07) is 4.20. The van der Waals surface area contributed by atoms with Crippen molar-refractivity contribution in [3.05, 3.63) is 23.8 Å². The van der Waals surface area contributed by atoms with Crippen molar-refractivity contribution in [2.75, 3.05) is 19.0 Å². The van der Waals surface area contributed by atoms with Crippen molar-refractivity contribution >= 4 is 17.9 Å². The molecule has 1 rings (SSSR count). The van der Waals surface area contributed by atoms with E-state index in [1.54, 1.807) is 18.2 Å². The third kappa shape index (κ3) is 4.35. The van der Waals surface area contributed by atoms with E-state index in [2.05, 4.69) is 5.32 Å². The standard InChI is InChI=1S/C13H19N3O3/c1-19-12-5-4-10(7-9(12)8-17)16-13(18)11(15)3-2-6-14/h4-5,7-8,11H,2-3,6,14-15H2,1H3,(H,16,18). The van der Waals surface area contributed by atoms with Crippen molar-refractivity contribution in [1.82, 2.24) is 0 Å². The SMILES string of the molecule is COc1ccc(NC(=O)C(N)CCCN)cc1C=O. The molecule has 0 bridgehead atoms. The van der Waals surface area contributed by atoms with Crippen LogP contribution in [0, 0.1) is 0 Å². The number of carbonyl (C=O) groups excluding carboxylic acids is 2. The number of hydrogen-bond acceptors (Lipinski definition) is 5. The molecule has 104 valence electrons. The molecule has 0 aliphatic rings. The Hall–Kier alpha value is -1.92. The van der Waals surface area contributed by atoms with E-state index >= 15 is 0 Å². The van der Waals surface area contributed by atoms with Gasteiger partial charge in [-0.05, 0) is 37.6 Å². The first-order valence-electron chi connectivity index (χ1n) is 6.02. The maximum atomic E-state index is 11.8. The molecule has 0 spiro atoms. The number of rotatable bonds is 7. The Bertz CT molecular complexity index is 449. The van der Waals surface area contributed by atoms with Gasteiger partial charge in [-0.2, -0.15) is 0 Å². The van der Waals surface area contributed by atoms with Gasteiger partial charge in [-0.3, -0.25) is 9.59 Å². The zero-order valence-electron chi connectivity index (χ0n) is 10.9. The third-order valence-corrected chi connectivity index (χ3v) is 2.68. The van der Waals surface area contributed by atoms with Crippen LogP contribution in [0.4, 0.5) is 5.69 Å². The lowest BCUT2D eigenvalue weighted by molar-refractivity contribution is -0.117. The van der Waals surface area contributed by atoms with Gasteiger partial charge in [0.25, 0.3) is 0 Å². The van der Waals surface area contributed by atoms with E-state index in [-0.39, 0.29) is 5.91 Å². The molecule has 6 heteroatoms. The minimum atomic E-state index is -0.606. The van der Waals surface area contributed by atoms with Gasteiger partial charge in [0.1, 0.15) is 5.75 Å². The second kappa shape index (κ2) is 7.50. The minimum absolute atomic E-state index is 0.296. The van der Waals surface area contributed by atoms with Gasteiger partial charge >= 0.3 is 0 Å². The zero-order valence-corrected chi connectivity index (χ0v) is 10.9. The molecule has 1 unspecified atom stereocenters. The highest BCUT2D eigenvalue weighted by atomic mass is 16.5. The molecular formula is C13H19N3O3. The van der Waals surface area contributed by atoms with Crippen LogP contribution in [0.25, 0.3) is 0 Å². The summed E-state index contributed by atoms with van der Waals surface area (Å²) in [4.78, 5) is 22.6. The minimum Gasteiger partial charge on any atom is -0.496 e. The highest BCUT2D eigenvalue weighted by molar-refractivity contribution is 5.95. The maximum absolute atomic E-state index is 11.8. The maximum Gasteiger partial charge on any atom is 0.241 e. The van der Waals surface area contributed by atoms with Gasteiger partial charge < -0.3 is 21.5 Å². The molecule has 0 aromatic heterocycles. The number of hydrogen-bond donors (Lipinski definition) is 3. The molecule has 0 heterocycles. The summed E-state index contributed by atoms with van der Waals surface area (Å²) in [5.74, 6) is 0.163. The number of aldehydes is 1. The van der Waals surface area contributed by atoms with Crippen LogP contribution in [0.2, 0.25) is 0 Å². The Kier molecular flexibility index (Phi) is 5.98. The van der Waals surface area contributed by atoms with Crippen LogP contribution in [0.5, 0.6) is 5.75 Å². The predicted molar refractivity (Wildman–Crippen MR) is 73.3 cm³/mol. The molecule has 1 aromatic carbocycles. The highest BCUT2D eigenvalue weighted by Crippen LogP contribution is 2.21. The van der Waals surface area contributed by atoms with Gasteiger partial charge in [0.2, 0.25) is 5.91 Å². The largest absolute Gasteiger partial charge is 0.496 e. The first-order valence-corrected chi connectivity index (χ1v) is 6.02. The number of anilines is 1. The molecule has 1 atom stereocenters. The number of ether oxygens (including phenoxy) is 1. The van der Waals surface area contributed by atoms with Crippen molar-refractivity contribution in [2.45, 2.75) is 18.9 Å². The van der Waals surface area contributed by atoms with E-state index in [9.17, 15) is 9.59 Å². The summed E-state index contributed by atoms with van der Waals surface area (Å²) in [5.41, 5.74) is 12.0. The average molecular weight is 265 g/mol. The van der Waals surface area contributed by atoms with E-state index in [4.69, 9.17) is 16.2 Å². The van der Waals surface area contributed by atoms with E-state index in [1.807, 2.05) is 0 Å². The van der Waals surface area contributed by atoms with Crippen LogP contribution in [-0.4, -0.2) is 31.9 Å². The molecule has 19 heavy (non-hydrogen) atoms. The van der Waals surface area contributed by atoms with Crippen molar-refractivity contribution < 1.29 is 14.3 Å². The predicted octanol–water partition coefficient (Wildman–Crippen LogP) is 0.512. The van der Waals surface area contributed by atoms with E-state index < -0.39 is 6.04 Å². The van der Waals surface area contributed by atoms with Crippen LogP contribution in [0.15, 0.2) is 18.2 Å². The number of carbonyl (C=O) groups is 2. The van der Waals surface area contributed by atoms with Crippen LogP contribution in [0.1, 0.15) is 23.2 Å². The van der Waals surface area contributed by atoms with Crippen LogP contribution in [0.3, 0.4) is 0 Å². The second-order valence-corrected chi connectivity index (χ2v) is 4.10. The summed E-state index contributed by atoms with van der Waals surface area (Å²) < 4.78 is 5.01. The third-order valence-electron chi connectivity index (χ3n) is 2.68. The first-order chi connectivity index (χ1) is 9.12. The number of nitrogens with one attached hydrogen (secondary N) is 1. The van der Waals surface area contributed by atoms with E-state index in [0.29, 0.717) is 42.7 Å². The summed E-state index contributed by atoms with van der Waals surface area (Å²) in [6.07, 6.45) is 1.89. The molecule has 0 aliphatic heterocycles. The lowest BCUT2D eigenvalue weighted by Gasteiger charge is -2.12. The molecule has 1 amide bonds. The summed E-state index contributed by atoms with van der Waals surface area (Å²) >= 11 is 0. The fraction of sp³-hybridized carbons (Fsp3) is 0.385. The number of benzene rings is 1. The molecule has 6 nitrogen and oxygen atoms in total. The van der Waals surface area contributed by atoms with Crippen molar-refractivity contribution in [2.24, 2.45) is 11.5 Å². The van der Waals surface area contributed by atoms with E-state index in [0.717, 1.165) is 0 Å². The Morgan fingerprint density at radius 1 is 1.53 bits per heavy atom. The highest BCUT2D eigenvalue weighted by Gasteiger charge is 2.13. The normalized spacial score (nSPS) is 11.7. The van der Waals surface area contributed by atoms with Gasteiger partial charge in [-0.15, -0.1) is 0 Å². The average Bonchev–Trinajstić information content (AvgIpc) is 2.44. The lowest BCUT2D eigenvalue weighted by Crippen LogP contribution is -2.36. The van der Waals surface area contributed by atoms with Gasteiger partial charge in [-0.25, -0.2) is 0 Å². The van der Waals surface area contributed by atoms with Gasteiger partial charge in [-0.1, -0.05) is 0 Å². The zero-order chi connectivity index (χ0) is 14.3. The molecule has 1 aromatic rings. The Labute approximate surface area is 112 Å². The molecule has 5 N–H and O–H groups in total. The number of methoxy groups -OCH3 is 1. The van der Waals surface area contributed by atoms with Crippen molar-refractivity contribution in [3.8, 4) is 5.75 Å². The smallest absolute Gasteiger partial charge is 0.241 e. The molecule has 0 radical (unpaired) electrons. The van der Waals surface area contributed by atoms with Gasteiger partial charge in [0.15, 0.2) is 6.29 Å². The second-order valence-electron chi connectivity index (χ2n) is 4.10. The quantitative estimate of drug-likeness (QED) is 0.623. The molecule has 0 fully saturated rings. The topological polar surface area (TPSA) is 107 Å². The Balaban J connectivity index is 2.71. The summed E-state index contributed by atoms with van der Waals surface area (Å²) in [5, 5.41) is 2.66. The fourth-order valence-electron chi connectivity index (χ4n) is 1.61. The van der Waals surface area contributed by atoms with Crippen LogP contribution >= 0.6 is 0 Å². The molecule has 0 saturated carbocycles. The fourth-order valence-corrected chi connectivity index (χ4v) is 1.61. The number of nitrogens with two attached hydrogens (primary N) is 2. The number of amides is 1. The van der Waals surface area contributed by atoms with Crippen molar-refractivity contribution in [3.63, 3.8) is 0 Å². The molecule has 0 saturated heterocycles. The van der Waals surface area contributed by atoms with Gasteiger partial charge in [0, 0.05) is 5.69 Å². The van der Waals surface area contributed by atoms with Gasteiger partial charge in [0.05, 0.1) is 18.7 Å². The monoisotopic (exact) mass is 265 g/mol. The van der Waals surface area contributed by atoms with Crippen LogP contribution < -0.4 is 21.5 Å². The lowest BCUT2D eigenvalue weighted by atomic mass is 10.1. The van der Waals surface area contributed by atoms with E-state index in [1.165, 1.54) is 7.11 Å². The summed E-state index contributed by atoms with van der Waals surface area (Å²) in [6.45, 7) is 0.499. The molecular weight excluding hydrogens is 246 g/mol.